The molecule has 0 radical (unpaired) electrons. The fourth-order valence-electron chi connectivity index (χ4n) is 0.773. The first-order valence-corrected chi connectivity index (χ1v) is 4.92. The Morgan fingerprint density at radius 2 is 1.25 bits per heavy atom. The van der Waals surface area contributed by atoms with Crippen LogP contribution in [-0.4, -0.2) is 9.85 Å². The van der Waals surface area contributed by atoms with Crippen LogP contribution in [0.1, 0.15) is 26.7 Å². The maximum absolute atomic E-state index is 10.2. The van der Waals surface area contributed by atoms with E-state index < -0.39 is 21.2 Å². The van der Waals surface area contributed by atoms with E-state index in [0.717, 1.165) is 12.1 Å². The molecule has 88 valence electrons. The molecule has 0 spiro atoms. The first kappa shape index (κ1) is 14.0. The summed E-state index contributed by atoms with van der Waals surface area (Å²) in [5.74, 6) is 0. The van der Waals surface area contributed by atoms with Crippen LogP contribution >= 0.6 is 0 Å². The average Bonchev–Trinajstić information content (AvgIpc) is 2.29. The molecule has 0 amide bonds. The van der Waals surface area contributed by atoms with Crippen LogP contribution in [0.3, 0.4) is 0 Å². The first-order valence-electron chi connectivity index (χ1n) is 4.92. The zero-order valence-corrected chi connectivity index (χ0v) is 9.25. The highest BCUT2D eigenvalue weighted by Gasteiger charge is 2.21. The van der Waals surface area contributed by atoms with Gasteiger partial charge in [0.25, 0.3) is 0 Å². The molecule has 1 rings (SSSR count). The minimum absolute atomic E-state index is 0.484. The lowest BCUT2D eigenvalue weighted by Crippen LogP contribution is -1.95. The summed E-state index contributed by atoms with van der Waals surface area (Å²) in [6.45, 7) is 4.36. The summed E-state index contributed by atoms with van der Waals surface area (Å²) in [6.07, 6.45) is 2.64. The fraction of sp³-hybridized carbons (Fsp3) is 0.400. The molecule has 0 N–H and O–H groups in total. The van der Waals surface area contributed by atoms with Crippen LogP contribution in [0.5, 0.6) is 0 Å². The Balaban J connectivity index is 0.000000487. The van der Waals surface area contributed by atoms with Crippen molar-refractivity contribution in [1.82, 2.24) is 0 Å². The lowest BCUT2D eigenvalue weighted by molar-refractivity contribution is -0.422. The summed E-state index contributed by atoms with van der Waals surface area (Å²) in [5, 5.41) is 20.5. The molecule has 0 aliphatic rings. The van der Waals surface area contributed by atoms with Gasteiger partial charge in [-0.1, -0.05) is 38.8 Å². The Kier molecular flexibility index (Phi) is 6.42. The standard InChI is InChI=1S/C6H4N2O4.C4H10/c9-7(10)5-3-1-2-4-6(5)8(11)12;1-3-4-2/h1-4H;3-4H2,1-2H3. The van der Waals surface area contributed by atoms with E-state index >= 15 is 0 Å². The van der Waals surface area contributed by atoms with Gasteiger partial charge in [0.05, 0.1) is 9.85 Å². The van der Waals surface area contributed by atoms with Crippen molar-refractivity contribution in [3.05, 3.63) is 44.5 Å². The lowest BCUT2D eigenvalue weighted by Gasteiger charge is -1.91. The van der Waals surface area contributed by atoms with Crippen LogP contribution in [0, 0.1) is 20.2 Å². The van der Waals surface area contributed by atoms with Crippen LogP contribution in [0.2, 0.25) is 0 Å². The van der Waals surface area contributed by atoms with Gasteiger partial charge in [0.2, 0.25) is 0 Å². The molecular formula is C10H14N2O4. The average molecular weight is 226 g/mol. The van der Waals surface area contributed by atoms with Crippen LogP contribution < -0.4 is 0 Å². The third kappa shape index (κ3) is 4.50. The summed E-state index contributed by atoms with van der Waals surface area (Å²) < 4.78 is 0. The summed E-state index contributed by atoms with van der Waals surface area (Å²) in [5.41, 5.74) is -0.968. The number of para-hydroxylation sites is 2. The molecule has 0 saturated heterocycles. The smallest absolute Gasteiger partial charge is 0.258 e. The SMILES string of the molecule is CCCC.O=[N+]([O-])c1ccccc1[N+](=O)[O-]. The van der Waals surface area contributed by atoms with Gasteiger partial charge in [0, 0.05) is 12.1 Å². The van der Waals surface area contributed by atoms with E-state index in [4.69, 9.17) is 0 Å². The molecule has 0 aromatic heterocycles. The van der Waals surface area contributed by atoms with Crippen molar-refractivity contribution in [2.75, 3.05) is 0 Å². The predicted molar refractivity (Wildman–Crippen MR) is 60.3 cm³/mol. The number of nitrogens with zero attached hydrogens (tertiary/aromatic N) is 2. The first-order chi connectivity index (χ1) is 7.54. The van der Waals surface area contributed by atoms with Crippen LogP contribution in [0.15, 0.2) is 24.3 Å². The van der Waals surface area contributed by atoms with E-state index in [1.54, 1.807) is 0 Å². The Labute approximate surface area is 93.2 Å². The Bertz CT molecular complexity index is 331. The third-order valence-corrected chi connectivity index (χ3v) is 1.78. The van der Waals surface area contributed by atoms with E-state index in [-0.39, 0.29) is 0 Å². The molecule has 0 bridgehead atoms. The molecule has 0 atom stereocenters. The fourth-order valence-corrected chi connectivity index (χ4v) is 0.773. The van der Waals surface area contributed by atoms with Crippen molar-refractivity contribution in [2.24, 2.45) is 0 Å². The van der Waals surface area contributed by atoms with Gasteiger partial charge in [-0.25, -0.2) is 0 Å². The summed E-state index contributed by atoms with van der Waals surface area (Å²) in [4.78, 5) is 18.9. The van der Waals surface area contributed by atoms with Gasteiger partial charge in [-0.15, -0.1) is 0 Å². The monoisotopic (exact) mass is 226 g/mol. The molecule has 1 aromatic rings. The molecule has 0 aliphatic heterocycles. The van der Waals surface area contributed by atoms with Crippen molar-refractivity contribution in [3.8, 4) is 0 Å². The second-order valence-corrected chi connectivity index (χ2v) is 3.00. The highest BCUT2D eigenvalue weighted by Crippen LogP contribution is 2.24. The van der Waals surface area contributed by atoms with Crippen LogP contribution in [0.25, 0.3) is 0 Å². The van der Waals surface area contributed by atoms with Crippen molar-refractivity contribution in [1.29, 1.82) is 0 Å². The number of nitro groups is 2. The molecule has 6 heteroatoms. The molecule has 1 aromatic carbocycles. The van der Waals surface area contributed by atoms with Gasteiger partial charge in [0.1, 0.15) is 0 Å². The van der Waals surface area contributed by atoms with E-state index in [1.165, 1.54) is 25.0 Å². The highest BCUT2D eigenvalue weighted by atomic mass is 16.6. The van der Waals surface area contributed by atoms with Gasteiger partial charge >= 0.3 is 11.4 Å². The number of rotatable bonds is 3. The van der Waals surface area contributed by atoms with Crippen LogP contribution in [-0.2, 0) is 0 Å². The zero-order chi connectivity index (χ0) is 12.6. The molecule has 0 fully saturated rings. The van der Waals surface area contributed by atoms with Gasteiger partial charge in [-0.05, 0) is 0 Å². The largest absolute Gasteiger partial charge is 0.346 e. The second kappa shape index (κ2) is 7.33. The normalized spacial score (nSPS) is 8.88. The van der Waals surface area contributed by atoms with Crippen LogP contribution in [0.4, 0.5) is 11.4 Å². The van der Waals surface area contributed by atoms with Crippen molar-refractivity contribution >= 4 is 11.4 Å². The molecular weight excluding hydrogens is 212 g/mol. The summed E-state index contributed by atoms with van der Waals surface area (Å²) in [6, 6.07) is 4.95. The maximum atomic E-state index is 10.2. The molecule has 0 unspecified atom stereocenters. The molecule has 16 heavy (non-hydrogen) atoms. The van der Waals surface area contributed by atoms with Crippen molar-refractivity contribution < 1.29 is 9.85 Å². The van der Waals surface area contributed by atoms with E-state index in [2.05, 4.69) is 13.8 Å². The summed E-state index contributed by atoms with van der Waals surface area (Å²) in [7, 11) is 0. The van der Waals surface area contributed by atoms with Gasteiger partial charge < -0.3 is 0 Å². The predicted octanol–water partition coefficient (Wildman–Crippen LogP) is 3.31. The third-order valence-electron chi connectivity index (χ3n) is 1.78. The summed E-state index contributed by atoms with van der Waals surface area (Å²) >= 11 is 0. The van der Waals surface area contributed by atoms with Crippen molar-refractivity contribution in [3.63, 3.8) is 0 Å². The number of nitro benzene ring substituents is 2. The van der Waals surface area contributed by atoms with E-state index in [9.17, 15) is 20.2 Å². The maximum Gasteiger partial charge on any atom is 0.346 e. The van der Waals surface area contributed by atoms with E-state index in [0.29, 0.717) is 0 Å². The quantitative estimate of drug-likeness (QED) is 0.584. The van der Waals surface area contributed by atoms with Crippen molar-refractivity contribution in [2.45, 2.75) is 26.7 Å². The van der Waals surface area contributed by atoms with Gasteiger partial charge in [0.15, 0.2) is 0 Å². The Morgan fingerprint density at radius 1 is 0.938 bits per heavy atom. The number of hydrogen-bond donors (Lipinski definition) is 0. The highest BCUT2D eigenvalue weighted by molar-refractivity contribution is 5.51. The molecule has 0 aliphatic carbocycles. The van der Waals surface area contributed by atoms with Gasteiger partial charge in [-0.2, -0.15) is 0 Å². The van der Waals surface area contributed by atoms with Gasteiger partial charge in [-0.3, -0.25) is 20.2 Å². The Hall–Kier alpha value is -1.98. The Morgan fingerprint density at radius 3 is 1.44 bits per heavy atom. The number of unbranched alkanes of at least 4 members (excludes halogenated alkanes) is 1. The molecule has 6 nitrogen and oxygen atoms in total. The lowest BCUT2D eigenvalue weighted by atomic mass is 10.3. The minimum atomic E-state index is -0.780. The molecule has 0 heterocycles. The number of benzene rings is 1. The topological polar surface area (TPSA) is 86.3 Å². The second-order valence-electron chi connectivity index (χ2n) is 3.00. The number of hydrogen-bond acceptors (Lipinski definition) is 4. The molecule has 0 saturated carbocycles. The van der Waals surface area contributed by atoms with E-state index in [1.807, 2.05) is 0 Å². The minimum Gasteiger partial charge on any atom is -0.258 e. The zero-order valence-electron chi connectivity index (χ0n) is 9.25.